The Labute approximate surface area is 130 Å². The zero-order valence-electron chi connectivity index (χ0n) is 12.0. The number of H-pyrrole nitrogens is 2. The van der Waals surface area contributed by atoms with Crippen LogP contribution in [0.25, 0.3) is 0 Å². The molecule has 1 aromatic carbocycles. The largest absolute Gasteiger partial charge is 0.362 e. The second kappa shape index (κ2) is 6.35. The fourth-order valence-electron chi connectivity index (χ4n) is 2.22. The summed E-state index contributed by atoms with van der Waals surface area (Å²) < 4.78 is 12.9. The van der Waals surface area contributed by atoms with E-state index in [1.54, 1.807) is 18.2 Å². The molecule has 0 fully saturated rings. The van der Waals surface area contributed by atoms with E-state index in [2.05, 4.69) is 20.2 Å². The number of hydrogen-bond acceptors (Lipinski definition) is 4. The highest BCUT2D eigenvalue weighted by Gasteiger charge is 2.19. The normalized spacial score (nSPS) is 10.7. The number of Topliss-reactive ketones (excluding diaryl/α,β-unsaturated/α-hetero) is 2. The summed E-state index contributed by atoms with van der Waals surface area (Å²) in [5.41, 5.74) is 2.47. The van der Waals surface area contributed by atoms with Gasteiger partial charge in [-0.2, -0.15) is 5.10 Å². The highest BCUT2D eigenvalue weighted by molar-refractivity contribution is 6.43. The molecular weight excluding hydrogens is 299 g/mol. The molecule has 0 spiro atoms. The van der Waals surface area contributed by atoms with Gasteiger partial charge in [-0.05, 0) is 29.8 Å². The minimum absolute atomic E-state index is 0.0387. The Balaban J connectivity index is 1.64. The number of carbonyl (C=O) groups is 2. The van der Waals surface area contributed by atoms with Gasteiger partial charge in [0.05, 0.1) is 6.42 Å². The molecule has 3 rings (SSSR count). The van der Waals surface area contributed by atoms with Crippen LogP contribution in [0.2, 0.25) is 0 Å². The molecule has 0 bridgehead atoms. The number of halogens is 1. The van der Waals surface area contributed by atoms with Crippen LogP contribution in [0.1, 0.15) is 27.6 Å². The van der Waals surface area contributed by atoms with Gasteiger partial charge in [0.15, 0.2) is 5.82 Å². The zero-order chi connectivity index (χ0) is 16.2. The molecule has 2 heterocycles. The van der Waals surface area contributed by atoms with E-state index in [4.69, 9.17) is 0 Å². The van der Waals surface area contributed by atoms with Crippen molar-refractivity contribution in [3.05, 3.63) is 71.3 Å². The molecule has 0 aliphatic rings. The van der Waals surface area contributed by atoms with Crippen LogP contribution >= 0.6 is 0 Å². The predicted octanol–water partition coefficient (Wildman–Crippen LogP) is 1.86. The summed E-state index contributed by atoms with van der Waals surface area (Å²) in [5.74, 6) is -1.61. The minimum atomic E-state index is -0.697. The van der Waals surface area contributed by atoms with Crippen LogP contribution in [0.15, 0.2) is 42.7 Å². The number of nitrogens with one attached hydrogen (secondary N) is 2. The smallest absolute Gasteiger partial charge is 0.265 e. The Bertz CT molecular complexity index is 822. The number of hydrogen-bond donors (Lipinski definition) is 2. The molecule has 116 valence electrons. The lowest BCUT2D eigenvalue weighted by Gasteiger charge is -2.00. The van der Waals surface area contributed by atoms with Crippen molar-refractivity contribution in [1.29, 1.82) is 0 Å². The summed E-state index contributed by atoms with van der Waals surface area (Å²) in [7, 11) is 0. The molecule has 7 heteroatoms. The topological polar surface area (TPSA) is 91.5 Å². The van der Waals surface area contributed by atoms with Gasteiger partial charge in [0.25, 0.3) is 5.78 Å². The Kier molecular flexibility index (Phi) is 4.09. The van der Waals surface area contributed by atoms with Crippen molar-refractivity contribution in [1.82, 2.24) is 20.2 Å². The van der Waals surface area contributed by atoms with Gasteiger partial charge >= 0.3 is 0 Å². The summed E-state index contributed by atoms with van der Waals surface area (Å²) in [6, 6.07) is 9.80. The van der Waals surface area contributed by atoms with Gasteiger partial charge in [0, 0.05) is 17.8 Å². The standard InChI is InChI=1S/C16H13FN4O2/c17-11-3-1-10(2-4-11)7-12-5-6-13(20-12)8-14(22)15(23)16-18-9-19-21-16/h1-6,9,20H,7-8H2,(H,18,19,21). The van der Waals surface area contributed by atoms with E-state index in [0.717, 1.165) is 11.3 Å². The highest BCUT2D eigenvalue weighted by atomic mass is 19.1. The Morgan fingerprint density at radius 1 is 1.04 bits per heavy atom. The first-order valence-electron chi connectivity index (χ1n) is 6.96. The lowest BCUT2D eigenvalue weighted by atomic mass is 10.1. The number of aromatic nitrogens is 4. The first kappa shape index (κ1) is 14.8. The molecule has 0 saturated heterocycles. The van der Waals surface area contributed by atoms with Gasteiger partial charge in [0.2, 0.25) is 5.78 Å². The summed E-state index contributed by atoms with van der Waals surface area (Å²) in [4.78, 5) is 30.5. The second-order valence-electron chi connectivity index (χ2n) is 5.08. The van der Waals surface area contributed by atoms with Gasteiger partial charge in [-0.3, -0.25) is 14.7 Å². The summed E-state index contributed by atoms with van der Waals surface area (Å²) >= 11 is 0. The molecule has 3 aromatic rings. The molecule has 2 aromatic heterocycles. The predicted molar refractivity (Wildman–Crippen MR) is 79.4 cm³/mol. The fraction of sp³-hybridized carbons (Fsp3) is 0.125. The maximum atomic E-state index is 12.9. The molecule has 0 amide bonds. The van der Waals surface area contributed by atoms with E-state index in [1.165, 1.54) is 18.5 Å². The van der Waals surface area contributed by atoms with Crippen molar-refractivity contribution < 1.29 is 14.0 Å². The number of benzene rings is 1. The Hall–Kier alpha value is -3.09. The van der Waals surface area contributed by atoms with Crippen LogP contribution in [0.5, 0.6) is 0 Å². The monoisotopic (exact) mass is 312 g/mol. The first-order chi connectivity index (χ1) is 11.1. The van der Waals surface area contributed by atoms with E-state index in [0.29, 0.717) is 12.1 Å². The fourth-order valence-corrected chi connectivity index (χ4v) is 2.22. The summed E-state index contributed by atoms with van der Waals surface area (Å²) in [5, 5.41) is 5.92. The number of nitrogens with zero attached hydrogens (tertiary/aromatic N) is 2. The van der Waals surface area contributed by atoms with Gasteiger partial charge in [-0.25, -0.2) is 9.37 Å². The molecule has 2 N–H and O–H groups in total. The van der Waals surface area contributed by atoms with E-state index in [9.17, 15) is 14.0 Å². The maximum absolute atomic E-state index is 12.9. The minimum Gasteiger partial charge on any atom is -0.362 e. The van der Waals surface area contributed by atoms with Crippen LogP contribution in [0, 0.1) is 5.82 Å². The van der Waals surface area contributed by atoms with Gasteiger partial charge in [0.1, 0.15) is 12.1 Å². The van der Waals surface area contributed by atoms with Crippen LogP contribution < -0.4 is 0 Å². The number of aromatic amines is 2. The van der Waals surface area contributed by atoms with Crippen molar-refractivity contribution >= 4 is 11.6 Å². The van der Waals surface area contributed by atoms with Crippen LogP contribution in [-0.4, -0.2) is 31.7 Å². The second-order valence-corrected chi connectivity index (χ2v) is 5.08. The van der Waals surface area contributed by atoms with Gasteiger partial charge in [-0.1, -0.05) is 12.1 Å². The average Bonchev–Trinajstić information content (AvgIpc) is 3.21. The van der Waals surface area contributed by atoms with Crippen molar-refractivity contribution in [3.8, 4) is 0 Å². The van der Waals surface area contributed by atoms with Gasteiger partial charge < -0.3 is 4.98 Å². The average molecular weight is 312 g/mol. The van der Waals surface area contributed by atoms with Crippen LogP contribution in [0.4, 0.5) is 4.39 Å². The molecule has 0 aliphatic carbocycles. The lowest BCUT2D eigenvalue weighted by Crippen LogP contribution is -2.18. The van der Waals surface area contributed by atoms with E-state index < -0.39 is 11.6 Å². The summed E-state index contributed by atoms with van der Waals surface area (Å²) in [6.45, 7) is 0. The molecular formula is C16H13FN4O2. The van der Waals surface area contributed by atoms with Crippen molar-refractivity contribution in [2.75, 3.05) is 0 Å². The van der Waals surface area contributed by atoms with E-state index >= 15 is 0 Å². The molecule has 6 nitrogen and oxygen atoms in total. The maximum Gasteiger partial charge on any atom is 0.265 e. The molecule has 0 unspecified atom stereocenters. The lowest BCUT2D eigenvalue weighted by molar-refractivity contribution is -0.114. The first-order valence-corrected chi connectivity index (χ1v) is 6.96. The van der Waals surface area contributed by atoms with E-state index in [-0.39, 0.29) is 18.1 Å². The highest BCUT2D eigenvalue weighted by Crippen LogP contribution is 2.11. The molecule has 0 aliphatic heterocycles. The Morgan fingerprint density at radius 2 is 1.78 bits per heavy atom. The van der Waals surface area contributed by atoms with Crippen LogP contribution in [0.3, 0.4) is 0 Å². The van der Waals surface area contributed by atoms with Crippen LogP contribution in [-0.2, 0) is 17.6 Å². The zero-order valence-corrected chi connectivity index (χ0v) is 12.0. The van der Waals surface area contributed by atoms with Crippen molar-refractivity contribution in [3.63, 3.8) is 0 Å². The third-order valence-corrected chi connectivity index (χ3v) is 3.35. The third-order valence-electron chi connectivity index (χ3n) is 3.35. The number of rotatable bonds is 6. The quantitative estimate of drug-likeness (QED) is 0.537. The summed E-state index contributed by atoms with van der Waals surface area (Å²) in [6.07, 6.45) is 1.73. The Morgan fingerprint density at radius 3 is 2.48 bits per heavy atom. The third kappa shape index (κ3) is 3.57. The molecule has 0 saturated carbocycles. The van der Waals surface area contributed by atoms with E-state index in [1.807, 2.05) is 6.07 Å². The SMILES string of the molecule is O=C(Cc1ccc(Cc2ccc(F)cc2)[nH]1)C(=O)c1ncn[nH]1. The van der Waals surface area contributed by atoms with Crippen molar-refractivity contribution in [2.24, 2.45) is 0 Å². The number of carbonyl (C=O) groups excluding carboxylic acids is 2. The number of ketones is 2. The molecule has 0 atom stereocenters. The van der Waals surface area contributed by atoms with Gasteiger partial charge in [-0.15, -0.1) is 0 Å². The molecule has 0 radical (unpaired) electrons. The molecule has 23 heavy (non-hydrogen) atoms. The van der Waals surface area contributed by atoms with Crippen molar-refractivity contribution in [2.45, 2.75) is 12.8 Å².